The van der Waals surface area contributed by atoms with E-state index in [0.717, 1.165) is 22.2 Å². The normalized spacial score (nSPS) is 11.0. The summed E-state index contributed by atoms with van der Waals surface area (Å²) < 4.78 is 0. The Labute approximate surface area is 114 Å². The summed E-state index contributed by atoms with van der Waals surface area (Å²) >= 11 is 3.51. The molecule has 0 unspecified atom stereocenters. The van der Waals surface area contributed by atoms with Crippen molar-refractivity contribution in [1.82, 2.24) is 9.97 Å². The fraction of sp³-hybridized carbons (Fsp3) is 0.133. The van der Waals surface area contributed by atoms with Crippen LogP contribution >= 0.6 is 15.9 Å². The largest absolute Gasteiger partial charge is 0.342 e. The molecule has 0 aliphatic carbocycles. The van der Waals surface area contributed by atoms with Crippen LogP contribution in [0.2, 0.25) is 0 Å². The Morgan fingerprint density at radius 1 is 1.11 bits per heavy atom. The van der Waals surface area contributed by atoms with E-state index in [4.69, 9.17) is 0 Å². The number of fused-ring (bicyclic) bond motifs is 1. The molecular weight excluding hydrogens is 288 g/mol. The van der Waals surface area contributed by atoms with Crippen molar-refractivity contribution >= 4 is 27.0 Å². The van der Waals surface area contributed by atoms with Crippen molar-refractivity contribution in [2.45, 2.75) is 12.3 Å². The van der Waals surface area contributed by atoms with Gasteiger partial charge in [-0.25, -0.2) is 4.98 Å². The first-order valence-electron chi connectivity index (χ1n) is 5.89. The smallest absolute Gasteiger partial charge is 0.104 e. The predicted octanol–water partition coefficient (Wildman–Crippen LogP) is 4.43. The standard InChI is InChI=1S/C15H13BrN2/c1-10-17-14-12(9-16)7-8-13(15(14)18-10)11-5-3-2-4-6-11/h2-8H,9H2,1H3,(H,17,18). The van der Waals surface area contributed by atoms with Gasteiger partial charge in [0.2, 0.25) is 0 Å². The number of alkyl halides is 1. The molecule has 0 atom stereocenters. The van der Waals surface area contributed by atoms with Crippen molar-refractivity contribution in [2.75, 3.05) is 0 Å². The maximum absolute atomic E-state index is 4.58. The molecule has 1 aromatic heterocycles. The fourth-order valence-corrected chi connectivity index (χ4v) is 2.68. The van der Waals surface area contributed by atoms with Crippen LogP contribution < -0.4 is 0 Å². The Hall–Kier alpha value is -1.61. The minimum absolute atomic E-state index is 0.822. The number of aryl methyl sites for hydroxylation is 1. The lowest BCUT2D eigenvalue weighted by atomic mass is 10.0. The average molecular weight is 301 g/mol. The molecule has 0 spiro atoms. The minimum atomic E-state index is 0.822. The van der Waals surface area contributed by atoms with E-state index in [-0.39, 0.29) is 0 Å². The Kier molecular flexibility index (Phi) is 2.92. The number of aromatic amines is 1. The predicted molar refractivity (Wildman–Crippen MR) is 78.9 cm³/mol. The molecule has 0 saturated heterocycles. The van der Waals surface area contributed by atoms with Crippen LogP contribution in [0, 0.1) is 6.92 Å². The van der Waals surface area contributed by atoms with Crippen molar-refractivity contribution in [3.63, 3.8) is 0 Å². The lowest BCUT2D eigenvalue weighted by molar-refractivity contribution is 1.17. The number of aromatic nitrogens is 2. The fourth-order valence-electron chi connectivity index (χ4n) is 2.23. The maximum Gasteiger partial charge on any atom is 0.104 e. The molecule has 2 aromatic carbocycles. The van der Waals surface area contributed by atoms with Crippen LogP contribution in [-0.2, 0) is 5.33 Å². The molecule has 0 amide bonds. The third kappa shape index (κ3) is 1.85. The average Bonchev–Trinajstić information content (AvgIpc) is 2.80. The first-order chi connectivity index (χ1) is 8.79. The van der Waals surface area contributed by atoms with E-state index >= 15 is 0 Å². The SMILES string of the molecule is Cc1nc2c(CBr)ccc(-c3ccccc3)c2[nH]1. The molecule has 0 fully saturated rings. The highest BCUT2D eigenvalue weighted by Gasteiger charge is 2.10. The second-order valence-electron chi connectivity index (χ2n) is 4.32. The summed E-state index contributed by atoms with van der Waals surface area (Å²) in [5, 5.41) is 0.822. The highest BCUT2D eigenvalue weighted by atomic mass is 79.9. The third-order valence-electron chi connectivity index (χ3n) is 3.08. The van der Waals surface area contributed by atoms with Gasteiger partial charge in [-0.2, -0.15) is 0 Å². The minimum Gasteiger partial charge on any atom is -0.342 e. The van der Waals surface area contributed by atoms with Gasteiger partial charge in [-0.1, -0.05) is 58.4 Å². The van der Waals surface area contributed by atoms with E-state index in [1.54, 1.807) is 0 Å². The van der Waals surface area contributed by atoms with E-state index in [0.29, 0.717) is 0 Å². The monoisotopic (exact) mass is 300 g/mol. The Morgan fingerprint density at radius 2 is 1.89 bits per heavy atom. The Bertz CT molecular complexity index is 686. The molecule has 0 radical (unpaired) electrons. The highest BCUT2D eigenvalue weighted by molar-refractivity contribution is 9.08. The van der Waals surface area contributed by atoms with E-state index in [2.05, 4.69) is 62.3 Å². The van der Waals surface area contributed by atoms with Crippen LogP contribution in [0.25, 0.3) is 22.2 Å². The van der Waals surface area contributed by atoms with Crippen molar-refractivity contribution in [1.29, 1.82) is 0 Å². The Morgan fingerprint density at radius 3 is 2.61 bits per heavy atom. The molecule has 90 valence electrons. The number of imidazole rings is 1. The van der Waals surface area contributed by atoms with Crippen LogP contribution in [0.4, 0.5) is 0 Å². The summed E-state index contributed by atoms with van der Waals surface area (Å²) in [6.07, 6.45) is 0. The van der Waals surface area contributed by atoms with E-state index in [1.807, 2.05) is 13.0 Å². The van der Waals surface area contributed by atoms with E-state index < -0.39 is 0 Å². The lowest BCUT2D eigenvalue weighted by Crippen LogP contribution is -1.85. The number of rotatable bonds is 2. The zero-order chi connectivity index (χ0) is 12.5. The second-order valence-corrected chi connectivity index (χ2v) is 4.88. The molecule has 3 aromatic rings. The summed E-state index contributed by atoms with van der Waals surface area (Å²) in [5.74, 6) is 0.954. The van der Waals surface area contributed by atoms with Crippen LogP contribution in [-0.4, -0.2) is 9.97 Å². The molecule has 0 aliphatic rings. The van der Waals surface area contributed by atoms with Gasteiger partial charge in [0.25, 0.3) is 0 Å². The highest BCUT2D eigenvalue weighted by Crippen LogP contribution is 2.30. The van der Waals surface area contributed by atoms with Crippen molar-refractivity contribution in [3.05, 3.63) is 53.9 Å². The molecule has 0 aliphatic heterocycles. The number of nitrogens with zero attached hydrogens (tertiary/aromatic N) is 1. The molecule has 3 heteroatoms. The molecule has 2 nitrogen and oxygen atoms in total. The molecule has 1 N–H and O–H groups in total. The van der Waals surface area contributed by atoms with Gasteiger partial charge in [-0.3, -0.25) is 0 Å². The first-order valence-corrected chi connectivity index (χ1v) is 7.01. The van der Waals surface area contributed by atoms with Crippen LogP contribution in [0.1, 0.15) is 11.4 Å². The summed E-state index contributed by atoms with van der Waals surface area (Å²) in [5.41, 5.74) is 5.82. The van der Waals surface area contributed by atoms with Crippen LogP contribution in [0.3, 0.4) is 0 Å². The van der Waals surface area contributed by atoms with Crippen molar-refractivity contribution in [2.24, 2.45) is 0 Å². The summed E-state index contributed by atoms with van der Waals surface area (Å²) in [7, 11) is 0. The lowest BCUT2D eigenvalue weighted by Gasteiger charge is -2.05. The van der Waals surface area contributed by atoms with Gasteiger partial charge < -0.3 is 4.98 Å². The van der Waals surface area contributed by atoms with Crippen molar-refractivity contribution < 1.29 is 0 Å². The Balaban J connectivity index is 2.31. The number of hydrogen-bond donors (Lipinski definition) is 1. The number of nitrogens with one attached hydrogen (secondary N) is 1. The zero-order valence-corrected chi connectivity index (χ0v) is 11.7. The van der Waals surface area contributed by atoms with Gasteiger partial charge in [-0.15, -0.1) is 0 Å². The summed E-state index contributed by atoms with van der Waals surface area (Å²) in [6.45, 7) is 1.99. The number of hydrogen-bond acceptors (Lipinski definition) is 1. The molecule has 18 heavy (non-hydrogen) atoms. The van der Waals surface area contributed by atoms with E-state index in [1.165, 1.54) is 16.7 Å². The maximum atomic E-state index is 4.58. The van der Waals surface area contributed by atoms with Gasteiger partial charge in [-0.05, 0) is 18.1 Å². The number of halogens is 1. The molecule has 1 heterocycles. The summed E-state index contributed by atoms with van der Waals surface area (Å²) in [4.78, 5) is 7.95. The van der Waals surface area contributed by atoms with Gasteiger partial charge in [0, 0.05) is 10.9 Å². The van der Waals surface area contributed by atoms with Crippen molar-refractivity contribution in [3.8, 4) is 11.1 Å². The molecule has 3 rings (SSSR count). The molecule has 0 saturated carbocycles. The quantitative estimate of drug-likeness (QED) is 0.697. The van der Waals surface area contributed by atoms with Gasteiger partial charge in [0.1, 0.15) is 5.82 Å². The third-order valence-corrected chi connectivity index (χ3v) is 3.68. The first kappa shape index (κ1) is 11.5. The summed E-state index contributed by atoms with van der Waals surface area (Å²) in [6, 6.07) is 14.7. The number of H-pyrrole nitrogens is 1. The van der Waals surface area contributed by atoms with Gasteiger partial charge >= 0.3 is 0 Å². The van der Waals surface area contributed by atoms with Gasteiger partial charge in [0.15, 0.2) is 0 Å². The van der Waals surface area contributed by atoms with Gasteiger partial charge in [0.05, 0.1) is 11.0 Å². The zero-order valence-electron chi connectivity index (χ0n) is 10.1. The second kappa shape index (κ2) is 4.58. The van der Waals surface area contributed by atoms with E-state index in [9.17, 15) is 0 Å². The molecular formula is C15H13BrN2. The topological polar surface area (TPSA) is 28.7 Å². The van der Waals surface area contributed by atoms with Crippen LogP contribution in [0.5, 0.6) is 0 Å². The van der Waals surface area contributed by atoms with Crippen LogP contribution in [0.15, 0.2) is 42.5 Å². The molecule has 0 bridgehead atoms. The number of benzene rings is 2.